The Kier molecular flexibility index (Phi) is 17.3. The topological polar surface area (TPSA) is 127 Å². The maximum Gasteiger partial charge on any atom is 0.303 e. The van der Waals surface area contributed by atoms with Crippen molar-refractivity contribution in [2.24, 2.45) is 35.1 Å². The summed E-state index contributed by atoms with van der Waals surface area (Å²) in [6.45, 7) is 4.66. The molecule has 0 amide bonds. The zero-order valence-corrected chi connectivity index (χ0v) is 22.8. The van der Waals surface area contributed by atoms with Crippen LogP contribution in [-0.4, -0.2) is 34.2 Å². The number of carbonyl (C=O) groups is 2. The summed E-state index contributed by atoms with van der Waals surface area (Å²) in [5.74, 6) is 1.95. The Morgan fingerprint density at radius 2 is 0.914 bits per heavy atom. The molecule has 0 aromatic heterocycles. The lowest BCUT2D eigenvalue weighted by Crippen LogP contribution is -2.37. The van der Waals surface area contributed by atoms with Crippen molar-refractivity contribution in [3.8, 4) is 0 Å². The van der Waals surface area contributed by atoms with Gasteiger partial charge in [-0.25, -0.2) is 0 Å². The molecular weight excluding hydrogens is 440 g/mol. The van der Waals surface area contributed by atoms with Gasteiger partial charge in [-0.15, -0.1) is 0 Å². The first-order valence-electron chi connectivity index (χ1n) is 14.6. The van der Waals surface area contributed by atoms with Crippen molar-refractivity contribution < 1.29 is 19.8 Å². The highest BCUT2D eigenvalue weighted by molar-refractivity contribution is 5.66. The first-order chi connectivity index (χ1) is 16.7. The van der Waals surface area contributed by atoms with E-state index in [0.29, 0.717) is 24.9 Å². The van der Waals surface area contributed by atoms with Gasteiger partial charge in [0.1, 0.15) is 0 Å². The molecule has 2 aliphatic carbocycles. The fraction of sp³-hybridized carbons (Fsp3) is 0.931. The van der Waals surface area contributed by atoms with Crippen LogP contribution in [0.5, 0.6) is 0 Å². The Balaban J connectivity index is 0.000000350. The molecule has 0 aromatic carbocycles. The average molecular weight is 497 g/mol. The molecule has 0 saturated heterocycles. The third kappa shape index (κ3) is 16.3. The molecule has 2 rings (SSSR count). The third-order valence-electron chi connectivity index (χ3n) is 8.39. The van der Waals surface area contributed by atoms with E-state index in [1.54, 1.807) is 0 Å². The molecule has 2 aliphatic rings. The van der Waals surface area contributed by atoms with E-state index in [2.05, 4.69) is 13.8 Å². The lowest BCUT2D eigenvalue weighted by molar-refractivity contribution is -0.138. The number of aliphatic carboxylic acids is 2. The summed E-state index contributed by atoms with van der Waals surface area (Å²) in [5, 5.41) is 16.9. The largest absolute Gasteiger partial charge is 0.481 e. The predicted octanol–water partition coefficient (Wildman–Crippen LogP) is 6.74. The summed E-state index contributed by atoms with van der Waals surface area (Å²) in [6.07, 6.45) is 20.7. The zero-order chi connectivity index (χ0) is 26.1. The highest BCUT2D eigenvalue weighted by Gasteiger charge is 2.30. The first kappa shape index (κ1) is 31.9. The van der Waals surface area contributed by atoms with Crippen LogP contribution in [0.1, 0.15) is 136 Å². The summed E-state index contributed by atoms with van der Waals surface area (Å²) in [7, 11) is 0. The van der Waals surface area contributed by atoms with E-state index in [4.69, 9.17) is 21.7 Å². The summed E-state index contributed by atoms with van der Waals surface area (Å²) >= 11 is 0. The Morgan fingerprint density at radius 1 is 0.600 bits per heavy atom. The second kappa shape index (κ2) is 19.0. The van der Waals surface area contributed by atoms with E-state index >= 15 is 0 Å². The highest BCUT2D eigenvalue weighted by atomic mass is 16.4. The molecule has 6 heteroatoms. The molecule has 2 fully saturated rings. The minimum atomic E-state index is -0.698. The van der Waals surface area contributed by atoms with Crippen LogP contribution >= 0.6 is 0 Å². The van der Waals surface area contributed by atoms with Gasteiger partial charge in [-0.1, -0.05) is 65.2 Å². The van der Waals surface area contributed by atoms with Crippen molar-refractivity contribution in [1.82, 2.24) is 0 Å². The van der Waals surface area contributed by atoms with Crippen molar-refractivity contribution in [2.45, 2.75) is 148 Å². The normalized spacial score (nSPS) is 28.7. The SMILES string of the molecule is CC1CC(CC2CCC(N)C(C)C2)CCC1N.O=C(O)CCCCCCCCCCCCC(=O)O. The summed E-state index contributed by atoms with van der Waals surface area (Å²) in [5.41, 5.74) is 12.2. The Hall–Kier alpha value is -1.14. The van der Waals surface area contributed by atoms with Crippen molar-refractivity contribution >= 4 is 11.9 Å². The fourth-order valence-corrected chi connectivity index (χ4v) is 5.93. The summed E-state index contributed by atoms with van der Waals surface area (Å²) in [4.78, 5) is 20.5. The number of carboxylic acid groups (broad SMARTS) is 2. The molecule has 206 valence electrons. The molecule has 0 spiro atoms. The number of hydrogen-bond donors (Lipinski definition) is 4. The third-order valence-corrected chi connectivity index (χ3v) is 8.39. The van der Waals surface area contributed by atoms with Gasteiger partial charge in [0.15, 0.2) is 0 Å². The van der Waals surface area contributed by atoms with Gasteiger partial charge >= 0.3 is 11.9 Å². The maximum absolute atomic E-state index is 10.3. The minimum Gasteiger partial charge on any atom is -0.481 e. The average Bonchev–Trinajstić information content (AvgIpc) is 2.79. The smallest absolute Gasteiger partial charge is 0.303 e. The second-order valence-electron chi connectivity index (χ2n) is 11.7. The van der Waals surface area contributed by atoms with Gasteiger partial charge in [-0.3, -0.25) is 9.59 Å². The van der Waals surface area contributed by atoms with Gasteiger partial charge in [-0.05, 0) is 81.5 Å². The Labute approximate surface area is 215 Å². The molecule has 6 atom stereocenters. The van der Waals surface area contributed by atoms with Crippen molar-refractivity contribution in [1.29, 1.82) is 0 Å². The lowest BCUT2D eigenvalue weighted by Gasteiger charge is -2.37. The molecule has 0 heterocycles. The van der Waals surface area contributed by atoms with Gasteiger partial charge in [-0.2, -0.15) is 0 Å². The van der Waals surface area contributed by atoms with E-state index in [9.17, 15) is 9.59 Å². The Morgan fingerprint density at radius 3 is 1.20 bits per heavy atom. The highest BCUT2D eigenvalue weighted by Crippen LogP contribution is 2.38. The van der Waals surface area contributed by atoms with Gasteiger partial charge in [0.05, 0.1) is 0 Å². The minimum absolute atomic E-state index is 0.295. The van der Waals surface area contributed by atoms with Gasteiger partial charge in [0, 0.05) is 24.9 Å². The van der Waals surface area contributed by atoms with E-state index in [1.807, 2.05) is 0 Å². The summed E-state index contributed by atoms with van der Waals surface area (Å²) < 4.78 is 0. The molecule has 0 radical (unpaired) electrons. The number of unbranched alkanes of at least 4 members (excludes halogenated alkanes) is 9. The molecule has 2 saturated carbocycles. The monoisotopic (exact) mass is 496 g/mol. The quantitative estimate of drug-likeness (QED) is 0.186. The van der Waals surface area contributed by atoms with Crippen LogP contribution in [0.25, 0.3) is 0 Å². The van der Waals surface area contributed by atoms with Crippen LogP contribution in [0.15, 0.2) is 0 Å². The molecule has 6 N–H and O–H groups in total. The van der Waals surface area contributed by atoms with E-state index in [0.717, 1.165) is 62.2 Å². The number of hydrogen-bond acceptors (Lipinski definition) is 4. The molecule has 0 bridgehead atoms. The summed E-state index contributed by atoms with van der Waals surface area (Å²) in [6, 6.07) is 0.926. The molecule has 0 aliphatic heterocycles. The standard InChI is InChI=1S/C15H30N2.C14H26O4/c1-10-7-12(3-5-14(10)16)9-13-4-6-15(17)11(2)8-13;15-13(16)11-9-7-5-3-1-2-4-6-8-10-12-14(17)18/h10-15H,3-9,16-17H2,1-2H3;1-12H2,(H,15,16)(H,17,18). The van der Waals surface area contributed by atoms with Crippen LogP contribution in [0.4, 0.5) is 0 Å². The Bertz CT molecular complexity index is 523. The van der Waals surface area contributed by atoms with Crippen LogP contribution in [0.3, 0.4) is 0 Å². The first-order valence-corrected chi connectivity index (χ1v) is 14.6. The number of rotatable bonds is 15. The van der Waals surface area contributed by atoms with Crippen molar-refractivity contribution in [3.05, 3.63) is 0 Å². The van der Waals surface area contributed by atoms with Crippen LogP contribution in [0.2, 0.25) is 0 Å². The fourth-order valence-electron chi connectivity index (χ4n) is 5.93. The van der Waals surface area contributed by atoms with Gasteiger partial charge in [0.2, 0.25) is 0 Å². The van der Waals surface area contributed by atoms with Crippen LogP contribution < -0.4 is 11.5 Å². The van der Waals surface area contributed by atoms with Gasteiger partial charge in [0.25, 0.3) is 0 Å². The van der Waals surface area contributed by atoms with E-state index in [-0.39, 0.29) is 0 Å². The molecule has 6 nitrogen and oxygen atoms in total. The molecule has 35 heavy (non-hydrogen) atoms. The second-order valence-corrected chi connectivity index (χ2v) is 11.7. The van der Waals surface area contributed by atoms with Crippen molar-refractivity contribution in [3.63, 3.8) is 0 Å². The number of nitrogens with two attached hydrogens (primary N) is 2. The number of carboxylic acids is 2. The predicted molar refractivity (Wildman–Crippen MR) is 144 cm³/mol. The molecular formula is C29H56N2O4. The molecule has 6 unspecified atom stereocenters. The van der Waals surface area contributed by atoms with Gasteiger partial charge < -0.3 is 21.7 Å². The van der Waals surface area contributed by atoms with Crippen LogP contribution in [0, 0.1) is 23.7 Å². The van der Waals surface area contributed by atoms with Crippen molar-refractivity contribution in [2.75, 3.05) is 0 Å². The molecule has 0 aromatic rings. The van der Waals surface area contributed by atoms with Crippen LogP contribution in [-0.2, 0) is 9.59 Å². The lowest BCUT2D eigenvalue weighted by atomic mass is 9.71. The van der Waals surface area contributed by atoms with E-state index in [1.165, 1.54) is 70.6 Å². The maximum atomic E-state index is 10.3. The van der Waals surface area contributed by atoms with E-state index < -0.39 is 11.9 Å². The zero-order valence-electron chi connectivity index (χ0n) is 22.8.